The molecule has 0 saturated carbocycles. The van der Waals surface area contributed by atoms with Gasteiger partial charge in [0, 0.05) is 11.6 Å². The number of nitrogens with zero attached hydrogens (tertiary/aromatic N) is 3. The number of alkyl halides is 3. The largest absolute Gasteiger partial charge is 0.481 e. The molecular weight excluding hydrogens is 437 g/mol. The molecule has 0 bridgehead atoms. The monoisotopic (exact) mass is 462 g/mol. The number of rotatable bonds is 5. The Balaban J connectivity index is 1.73. The number of halogens is 3. The molecule has 4 rings (SSSR count). The summed E-state index contributed by atoms with van der Waals surface area (Å²) in [4.78, 5) is 13.7. The van der Waals surface area contributed by atoms with E-state index in [0.717, 1.165) is 41.4 Å². The second-order valence-electron chi connectivity index (χ2n) is 7.95. The van der Waals surface area contributed by atoms with E-state index in [1.807, 2.05) is 24.8 Å². The van der Waals surface area contributed by atoms with Crippen molar-refractivity contribution in [2.45, 2.75) is 44.8 Å². The summed E-state index contributed by atoms with van der Waals surface area (Å²) in [6.07, 6.45) is -2.30. The maximum atomic E-state index is 13.1. The lowest BCUT2D eigenvalue weighted by atomic mass is 9.93. The van der Waals surface area contributed by atoms with Gasteiger partial charge in [0.1, 0.15) is 11.6 Å². The highest BCUT2D eigenvalue weighted by atomic mass is 32.2. The molecule has 1 N–H and O–H groups in total. The van der Waals surface area contributed by atoms with Crippen LogP contribution in [0.3, 0.4) is 0 Å². The zero-order valence-electron chi connectivity index (χ0n) is 18.2. The molecule has 0 unspecified atom stereocenters. The molecule has 0 spiro atoms. The van der Waals surface area contributed by atoms with Gasteiger partial charge >= 0.3 is 6.18 Å². The van der Waals surface area contributed by atoms with Crippen molar-refractivity contribution < 1.29 is 17.9 Å². The Bertz CT molecular complexity index is 1120. The summed E-state index contributed by atoms with van der Waals surface area (Å²) in [6.45, 7) is 3.58. The van der Waals surface area contributed by atoms with E-state index in [1.165, 1.54) is 12.1 Å². The number of fused-ring (bicyclic) bond motifs is 1. The Morgan fingerprint density at radius 3 is 2.56 bits per heavy atom. The third-order valence-electron chi connectivity index (χ3n) is 5.71. The van der Waals surface area contributed by atoms with Gasteiger partial charge in [-0.05, 0) is 67.9 Å². The number of anilines is 1. The lowest BCUT2D eigenvalue weighted by Crippen LogP contribution is -2.13. The number of thioether (sulfide) groups is 1. The highest BCUT2D eigenvalue weighted by Crippen LogP contribution is 2.38. The Hall–Kier alpha value is -2.55. The first-order valence-corrected chi connectivity index (χ1v) is 11.7. The van der Waals surface area contributed by atoms with Crippen LogP contribution < -0.4 is 10.1 Å². The number of nitrogens with one attached hydrogen (secondary N) is 1. The van der Waals surface area contributed by atoms with Crippen LogP contribution in [-0.4, -0.2) is 33.6 Å². The van der Waals surface area contributed by atoms with Crippen molar-refractivity contribution >= 4 is 28.6 Å². The molecule has 1 fully saturated rings. The normalized spacial score (nSPS) is 16.2. The van der Waals surface area contributed by atoms with E-state index in [-0.39, 0.29) is 0 Å². The molecule has 1 aliphatic rings. The number of aromatic nitrogens is 3. The molecule has 1 atom stereocenters. The number of methoxy groups -OCH3 is 1. The molecular formula is C23H25F3N4OS. The van der Waals surface area contributed by atoms with E-state index in [2.05, 4.69) is 20.3 Å². The fourth-order valence-electron chi connectivity index (χ4n) is 4.01. The molecule has 1 aromatic carbocycles. The molecule has 1 saturated heterocycles. The van der Waals surface area contributed by atoms with Crippen LogP contribution in [0.25, 0.3) is 11.0 Å². The summed E-state index contributed by atoms with van der Waals surface area (Å²) in [7, 11) is 1.61. The fourth-order valence-corrected chi connectivity index (χ4v) is 5.12. The van der Waals surface area contributed by atoms with Crippen LogP contribution in [-0.2, 0) is 6.18 Å². The Morgan fingerprint density at radius 1 is 1.12 bits per heavy atom. The predicted octanol–water partition coefficient (Wildman–Crippen LogP) is 6.14. The van der Waals surface area contributed by atoms with Crippen LogP contribution in [0.2, 0.25) is 0 Å². The summed E-state index contributed by atoms with van der Waals surface area (Å²) in [5.41, 5.74) is 1.39. The van der Waals surface area contributed by atoms with Crippen molar-refractivity contribution in [3.63, 3.8) is 0 Å². The fraction of sp³-hybridized carbons (Fsp3) is 0.435. The lowest BCUT2D eigenvalue weighted by Gasteiger charge is -2.24. The number of pyridine rings is 1. The van der Waals surface area contributed by atoms with Gasteiger partial charge in [0.2, 0.25) is 5.88 Å². The summed E-state index contributed by atoms with van der Waals surface area (Å²) in [5.74, 6) is 4.18. The van der Waals surface area contributed by atoms with E-state index in [4.69, 9.17) is 4.74 Å². The average molecular weight is 463 g/mol. The average Bonchev–Trinajstić information content (AvgIpc) is 2.78. The standard InChI is InChI=1S/C23H25F3N4OS/c1-13(16-5-4-6-17(11-16)23(24,25)26)27-20-19-12-18(15-7-9-32-10-8-15)22(31-3)30-21(19)29-14(2)28-20/h4-6,11-13,15H,7-10H2,1-3H3,(H,27,28,29,30)/t13-/m1/s1. The van der Waals surface area contributed by atoms with Gasteiger partial charge in [0.15, 0.2) is 5.65 Å². The minimum atomic E-state index is -4.39. The molecule has 1 aliphatic heterocycles. The number of hydrogen-bond acceptors (Lipinski definition) is 6. The predicted molar refractivity (Wildman–Crippen MR) is 121 cm³/mol. The number of aryl methyl sites for hydroxylation is 1. The number of ether oxygens (including phenoxy) is 1. The summed E-state index contributed by atoms with van der Waals surface area (Å²) in [5, 5.41) is 4.02. The molecule has 32 heavy (non-hydrogen) atoms. The van der Waals surface area contributed by atoms with Gasteiger partial charge in [-0.3, -0.25) is 0 Å². The summed E-state index contributed by atoms with van der Waals surface area (Å²) >= 11 is 1.95. The van der Waals surface area contributed by atoms with Crippen LogP contribution >= 0.6 is 11.8 Å². The van der Waals surface area contributed by atoms with Gasteiger partial charge in [-0.2, -0.15) is 29.9 Å². The number of benzene rings is 1. The van der Waals surface area contributed by atoms with Gasteiger partial charge < -0.3 is 10.1 Å². The van der Waals surface area contributed by atoms with E-state index in [9.17, 15) is 13.2 Å². The van der Waals surface area contributed by atoms with E-state index in [0.29, 0.717) is 34.7 Å². The molecule has 9 heteroatoms. The highest BCUT2D eigenvalue weighted by molar-refractivity contribution is 7.99. The van der Waals surface area contributed by atoms with Crippen molar-refractivity contribution in [3.05, 3.63) is 52.8 Å². The maximum absolute atomic E-state index is 13.1. The molecule has 3 aromatic rings. The summed E-state index contributed by atoms with van der Waals surface area (Å²) < 4.78 is 45.0. The third-order valence-corrected chi connectivity index (χ3v) is 6.76. The van der Waals surface area contributed by atoms with Gasteiger partial charge in [-0.25, -0.2) is 9.97 Å². The Labute approximate surface area is 189 Å². The zero-order valence-corrected chi connectivity index (χ0v) is 19.0. The van der Waals surface area contributed by atoms with E-state index in [1.54, 1.807) is 20.1 Å². The highest BCUT2D eigenvalue weighted by Gasteiger charge is 2.31. The van der Waals surface area contributed by atoms with Crippen molar-refractivity contribution in [2.75, 3.05) is 23.9 Å². The Morgan fingerprint density at radius 2 is 1.88 bits per heavy atom. The van der Waals surface area contributed by atoms with Crippen LogP contribution in [0.1, 0.15) is 54.2 Å². The second-order valence-corrected chi connectivity index (χ2v) is 9.18. The summed E-state index contributed by atoms with van der Waals surface area (Å²) in [6, 6.07) is 6.97. The van der Waals surface area contributed by atoms with Crippen LogP contribution in [0, 0.1) is 6.92 Å². The molecule has 0 amide bonds. The van der Waals surface area contributed by atoms with Gasteiger partial charge in [0.05, 0.1) is 18.1 Å². The SMILES string of the molecule is COc1nc2nc(C)nc(N[C@H](C)c3cccc(C(F)(F)F)c3)c2cc1C1CCSCC1. The van der Waals surface area contributed by atoms with Crippen LogP contribution in [0.15, 0.2) is 30.3 Å². The van der Waals surface area contributed by atoms with E-state index < -0.39 is 17.8 Å². The van der Waals surface area contributed by atoms with Crippen LogP contribution in [0.4, 0.5) is 19.0 Å². The first-order chi connectivity index (χ1) is 15.3. The molecule has 3 heterocycles. The van der Waals surface area contributed by atoms with Gasteiger partial charge in [-0.1, -0.05) is 12.1 Å². The van der Waals surface area contributed by atoms with Crippen molar-refractivity contribution in [1.29, 1.82) is 0 Å². The van der Waals surface area contributed by atoms with Crippen molar-refractivity contribution in [2.24, 2.45) is 0 Å². The zero-order chi connectivity index (χ0) is 22.9. The third kappa shape index (κ3) is 4.77. The minimum absolute atomic E-state index is 0.346. The molecule has 0 radical (unpaired) electrons. The van der Waals surface area contributed by atoms with E-state index >= 15 is 0 Å². The molecule has 0 aliphatic carbocycles. The van der Waals surface area contributed by atoms with Gasteiger partial charge in [-0.15, -0.1) is 0 Å². The van der Waals surface area contributed by atoms with Crippen molar-refractivity contribution in [1.82, 2.24) is 15.0 Å². The minimum Gasteiger partial charge on any atom is -0.481 e. The topological polar surface area (TPSA) is 59.9 Å². The maximum Gasteiger partial charge on any atom is 0.416 e. The number of hydrogen-bond donors (Lipinski definition) is 1. The molecule has 2 aromatic heterocycles. The second kappa shape index (κ2) is 9.13. The Kier molecular flexibility index (Phi) is 6.46. The van der Waals surface area contributed by atoms with Gasteiger partial charge in [0.25, 0.3) is 0 Å². The molecule has 170 valence electrons. The first-order valence-electron chi connectivity index (χ1n) is 10.5. The van der Waals surface area contributed by atoms with Crippen LogP contribution in [0.5, 0.6) is 5.88 Å². The first kappa shape index (κ1) is 22.6. The smallest absolute Gasteiger partial charge is 0.416 e. The quantitative estimate of drug-likeness (QED) is 0.491. The lowest BCUT2D eigenvalue weighted by molar-refractivity contribution is -0.137. The van der Waals surface area contributed by atoms with Crippen molar-refractivity contribution in [3.8, 4) is 5.88 Å². The molecule has 5 nitrogen and oxygen atoms in total.